The van der Waals surface area contributed by atoms with E-state index in [0.29, 0.717) is 17.9 Å². The van der Waals surface area contributed by atoms with Crippen LogP contribution in [0.3, 0.4) is 0 Å². The van der Waals surface area contributed by atoms with Crippen LogP contribution in [-0.2, 0) is 0 Å². The van der Waals surface area contributed by atoms with Gasteiger partial charge in [-0.15, -0.1) is 0 Å². The Morgan fingerprint density at radius 3 is 1.96 bits per heavy atom. The van der Waals surface area contributed by atoms with Crippen molar-refractivity contribution in [1.82, 2.24) is 0 Å². The molecule has 0 aromatic heterocycles. The molecule has 0 atom stereocenters. The van der Waals surface area contributed by atoms with Crippen molar-refractivity contribution in [3.05, 3.63) is 23.8 Å². The molecule has 0 N–H and O–H groups in total. The van der Waals surface area contributed by atoms with Crippen LogP contribution in [0, 0.1) is 11.8 Å². The molecule has 0 radical (unpaired) electrons. The van der Waals surface area contributed by atoms with Crippen molar-refractivity contribution in [1.29, 1.82) is 0 Å². The lowest BCUT2D eigenvalue weighted by Crippen LogP contribution is -2.11. The van der Waals surface area contributed by atoms with Crippen LogP contribution < -0.4 is 9.47 Å². The van der Waals surface area contributed by atoms with Crippen molar-refractivity contribution in [2.75, 3.05) is 13.2 Å². The molecule has 0 bridgehead atoms. The lowest BCUT2D eigenvalue weighted by atomic mass is 9.87. The lowest BCUT2D eigenvalue weighted by molar-refractivity contribution is 0.111. The molecule has 1 aromatic rings. The molecule has 0 heterocycles. The van der Waals surface area contributed by atoms with Crippen molar-refractivity contribution in [2.24, 2.45) is 11.8 Å². The van der Waals surface area contributed by atoms with Gasteiger partial charge >= 0.3 is 0 Å². The van der Waals surface area contributed by atoms with Crippen LogP contribution in [-0.4, -0.2) is 19.5 Å². The number of carbonyl (C=O) groups is 1. The highest BCUT2D eigenvalue weighted by Crippen LogP contribution is 2.29. The van der Waals surface area contributed by atoms with Gasteiger partial charge in [0.2, 0.25) is 0 Å². The van der Waals surface area contributed by atoms with Crippen molar-refractivity contribution < 1.29 is 14.3 Å². The molecule has 2 saturated carbocycles. The maximum Gasteiger partial charge on any atom is 0.153 e. The Hall–Kier alpha value is -1.51. The van der Waals surface area contributed by atoms with Gasteiger partial charge in [-0.2, -0.15) is 0 Å². The quantitative estimate of drug-likeness (QED) is 0.493. The summed E-state index contributed by atoms with van der Waals surface area (Å²) in [6.45, 7) is 1.44. The highest BCUT2D eigenvalue weighted by atomic mass is 16.5. The maximum atomic E-state index is 11.4. The SMILES string of the molecule is O=Cc1cc(OCCC2CCCCC2)ccc1OCCC1CCCCC1. The first-order valence-electron chi connectivity index (χ1n) is 10.7. The van der Waals surface area contributed by atoms with Crippen LogP contribution in [0.15, 0.2) is 18.2 Å². The molecule has 0 spiro atoms. The van der Waals surface area contributed by atoms with E-state index in [1.54, 1.807) is 0 Å². The summed E-state index contributed by atoms with van der Waals surface area (Å²) < 4.78 is 11.8. The number of benzene rings is 1. The Morgan fingerprint density at radius 1 is 0.808 bits per heavy atom. The van der Waals surface area contributed by atoms with Crippen LogP contribution in [0.1, 0.15) is 87.4 Å². The largest absolute Gasteiger partial charge is 0.494 e. The molecule has 0 aliphatic heterocycles. The summed E-state index contributed by atoms with van der Waals surface area (Å²) in [6.07, 6.45) is 16.7. The zero-order valence-corrected chi connectivity index (χ0v) is 16.1. The number of carbonyl (C=O) groups excluding carboxylic acids is 1. The lowest BCUT2D eigenvalue weighted by Gasteiger charge is -2.22. The van der Waals surface area contributed by atoms with E-state index >= 15 is 0 Å². The molecule has 2 aliphatic rings. The standard InChI is InChI=1S/C23H34O3/c24-18-21-17-22(25-15-13-19-7-3-1-4-8-19)11-12-23(21)26-16-14-20-9-5-2-6-10-20/h11-12,17-20H,1-10,13-16H2. The van der Waals surface area contributed by atoms with Gasteiger partial charge in [-0.1, -0.05) is 64.2 Å². The van der Waals surface area contributed by atoms with Gasteiger partial charge in [-0.05, 0) is 42.9 Å². The molecule has 26 heavy (non-hydrogen) atoms. The smallest absolute Gasteiger partial charge is 0.153 e. The summed E-state index contributed by atoms with van der Waals surface area (Å²) in [7, 11) is 0. The minimum atomic E-state index is 0.601. The van der Waals surface area contributed by atoms with Crippen LogP contribution in [0.5, 0.6) is 11.5 Å². The normalized spacial score (nSPS) is 19.2. The Labute approximate surface area is 158 Å². The first-order chi connectivity index (χ1) is 12.8. The summed E-state index contributed by atoms with van der Waals surface area (Å²) in [5, 5.41) is 0. The van der Waals surface area contributed by atoms with E-state index in [2.05, 4.69) is 0 Å². The summed E-state index contributed by atoms with van der Waals surface area (Å²) in [6, 6.07) is 5.65. The maximum absolute atomic E-state index is 11.4. The number of aldehydes is 1. The zero-order chi connectivity index (χ0) is 18.0. The van der Waals surface area contributed by atoms with E-state index in [9.17, 15) is 4.79 Å². The van der Waals surface area contributed by atoms with Gasteiger partial charge in [-0.25, -0.2) is 0 Å². The van der Waals surface area contributed by atoms with Gasteiger partial charge in [0.1, 0.15) is 11.5 Å². The Bertz CT molecular complexity index is 542. The first kappa shape index (κ1) is 19.3. The van der Waals surface area contributed by atoms with Crippen molar-refractivity contribution in [3.63, 3.8) is 0 Å². The molecule has 2 aliphatic carbocycles. The van der Waals surface area contributed by atoms with E-state index in [0.717, 1.165) is 43.3 Å². The van der Waals surface area contributed by atoms with Crippen LogP contribution in [0.4, 0.5) is 0 Å². The molecule has 3 heteroatoms. The van der Waals surface area contributed by atoms with Gasteiger partial charge in [0.25, 0.3) is 0 Å². The van der Waals surface area contributed by atoms with Gasteiger partial charge in [-0.3, -0.25) is 4.79 Å². The minimum Gasteiger partial charge on any atom is -0.494 e. The zero-order valence-electron chi connectivity index (χ0n) is 16.1. The Kier molecular flexibility index (Phi) is 7.85. The molecule has 3 rings (SSSR count). The van der Waals surface area contributed by atoms with Crippen LogP contribution in [0.25, 0.3) is 0 Å². The Morgan fingerprint density at radius 2 is 1.38 bits per heavy atom. The monoisotopic (exact) mass is 358 g/mol. The number of hydrogen-bond donors (Lipinski definition) is 0. The highest BCUT2D eigenvalue weighted by Gasteiger charge is 2.15. The number of rotatable bonds is 9. The third-order valence-electron chi connectivity index (χ3n) is 6.14. The fourth-order valence-electron chi connectivity index (χ4n) is 4.47. The van der Waals surface area contributed by atoms with E-state index in [1.165, 1.54) is 64.2 Å². The van der Waals surface area contributed by atoms with Crippen molar-refractivity contribution in [2.45, 2.75) is 77.0 Å². The van der Waals surface area contributed by atoms with Crippen LogP contribution in [0.2, 0.25) is 0 Å². The van der Waals surface area contributed by atoms with Gasteiger partial charge < -0.3 is 9.47 Å². The predicted octanol–water partition coefficient (Wildman–Crippen LogP) is 6.20. The third-order valence-corrected chi connectivity index (χ3v) is 6.14. The molecule has 0 amide bonds. The van der Waals surface area contributed by atoms with E-state index in [4.69, 9.17) is 9.47 Å². The minimum absolute atomic E-state index is 0.601. The average molecular weight is 359 g/mol. The molecule has 0 unspecified atom stereocenters. The van der Waals surface area contributed by atoms with E-state index in [1.807, 2.05) is 18.2 Å². The van der Waals surface area contributed by atoms with Crippen molar-refractivity contribution in [3.8, 4) is 11.5 Å². The third kappa shape index (κ3) is 6.03. The topological polar surface area (TPSA) is 35.5 Å². The van der Waals surface area contributed by atoms with Gasteiger partial charge in [0, 0.05) is 0 Å². The second kappa shape index (κ2) is 10.6. The molecular formula is C23H34O3. The summed E-state index contributed by atoms with van der Waals surface area (Å²) in [5.74, 6) is 3.08. The molecule has 144 valence electrons. The molecule has 0 saturated heterocycles. The van der Waals surface area contributed by atoms with Gasteiger partial charge in [0.05, 0.1) is 18.8 Å². The predicted molar refractivity (Wildman–Crippen MR) is 105 cm³/mol. The van der Waals surface area contributed by atoms with Crippen molar-refractivity contribution >= 4 is 6.29 Å². The highest BCUT2D eigenvalue weighted by molar-refractivity contribution is 5.80. The second-order valence-corrected chi connectivity index (χ2v) is 8.10. The fraction of sp³-hybridized carbons (Fsp3) is 0.696. The number of hydrogen-bond acceptors (Lipinski definition) is 3. The van der Waals surface area contributed by atoms with Crippen LogP contribution >= 0.6 is 0 Å². The molecule has 3 nitrogen and oxygen atoms in total. The average Bonchev–Trinajstić information content (AvgIpc) is 2.70. The Balaban J connectivity index is 1.43. The first-order valence-corrected chi connectivity index (χ1v) is 10.7. The molecular weight excluding hydrogens is 324 g/mol. The number of ether oxygens (including phenoxy) is 2. The summed E-state index contributed by atoms with van der Waals surface area (Å²) in [4.78, 5) is 11.4. The van der Waals surface area contributed by atoms with Gasteiger partial charge in [0.15, 0.2) is 6.29 Å². The van der Waals surface area contributed by atoms with E-state index in [-0.39, 0.29) is 0 Å². The summed E-state index contributed by atoms with van der Waals surface area (Å²) >= 11 is 0. The summed E-state index contributed by atoms with van der Waals surface area (Å²) in [5.41, 5.74) is 0.601. The van der Waals surface area contributed by atoms with E-state index < -0.39 is 0 Å². The fourth-order valence-corrected chi connectivity index (χ4v) is 4.47. The molecule has 2 fully saturated rings. The second-order valence-electron chi connectivity index (χ2n) is 8.10. The molecule has 1 aromatic carbocycles.